The molecular formula is C20H24F3N3OS. The lowest BCUT2D eigenvalue weighted by atomic mass is 9.86. The second-order valence-electron chi connectivity index (χ2n) is 7.83. The highest BCUT2D eigenvalue weighted by atomic mass is 32.1. The first-order chi connectivity index (χ1) is 13.4. The zero-order valence-corrected chi connectivity index (χ0v) is 16.5. The molecule has 1 saturated carbocycles. The molecule has 3 heterocycles. The second-order valence-corrected chi connectivity index (χ2v) is 8.61. The number of thiophene rings is 1. The van der Waals surface area contributed by atoms with Gasteiger partial charge in [0.15, 0.2) is 5.69 Å². The highest BCUT2D eigenvalue weighted by molar-refractivity contribution is 7.07. The van der Waals surface area contributed by atoms with Gasteiger partial charge in [0.25, 0.3) is 0 Å². The molecule has 0 aromatic carbocycles. The molecule has 0 bridgehead atoms. The molecule has 4 rings (SSSR count). The summed E-state index contributed by atoms with van der Waals surface area (Å²) in [7, 11) is 0. The van der Waals surface area contributed by atoms with Crippen molar-refractivity contribution >= 4 is 17.2 Å². The minimum atomic E-state index is -4.47. The van der Waals surface area contributed by atoms with Crippen LogP contribution in [0.15, 0.2) is 16.8 Å². The number of fused-ring (bicyclic) bond motifs is 1. The summed E-state index contributed by atoms with van der Waals surface area (Å²) in [4.78, 5) is 14.5. The fourth-order valence-corrected chi connectivity index (χ4v) is 5.03. The summed E-state index contributed by atoms with van der Waals surface area (Å²) in [5.41, 5.74) is 0.915. The summed E-state index contributed by atoms with van der Waals surface area (Å²) in [6, 6.07) is 1.89. The Morgan fingerprint density at radius 1 is 1.25 bits per heavy atom. The lowest BCUT2D eigenvalue weighted by Gasteiger charge is -2.30. The third-order valence-corrected chi connectivity index (χ3v) is 6.59. The number of carbonyl (C=O) groups excluding carboxylic acids is 1. The van der Waals surface area contributed by atoms with E-state index in [1.807, 2.05) is 16.8 Å². The Kier molecular flexibility index (Phi) is 5.49. The van der Waals surface area contributed by atoms with Crippen LogP contribution in [0.4, 0.5) is 13.2 Å². The molecular weight excluding hydrogens is 387 g/mol. The number of hydrogen-bond donors (Lipinski definition) is 0. The van der Waals surface area contributed by atoms with Crippen LogP contribution >= 0.6 is 11.3 Å². The van der Waals surface area contributed by atoms with Crippen LogP contribution in [0.2, 0.25) is 0 Å². The summed E-state index contributed by atoms with van der Waals surface area (Å²) in [5, 5.41) is 7.72. The molecule has 0 atom stereocenters. The van der Waals surface area contributed by atoms with Gasteiger partial charge in [0.2, 0.25) is 5.91 Å². The van der Waals surface area contributed by atoms with Crippen LogP contribution in [0.3, 0.4) is 0 Å². The highest BCUT2D eigenvalue weighted by Crippen LogP contribution is 2.36. The van der Waals surface area contributed by atoms with E-state index in [1.165, 1.54) is 35.3 Å². The van der Waals surface area contributed by atoms with Crippen LogP contribution in [0, 0.1) is 5.92 Å². The van der Waals surface area contributed by atoms with Gasteiger partial charge in [0.05, 0.1) is 18.8 Å². The molecule has 0 saturated heterocycles. The Labute approximate surface area is 166 Å². The smallest absolute Gasteiger partial charge is 0.336 e. The van der Waals surface area contributed by atoms with Crippen LogP contribution in [-0.2, 0) is 30.5 Å². The predicted octanol–water partition coefficient (Wildman–Crippen LogP) is 4.87. The first-order valence-corrected chi connectivity index (χ1v) is 10.8. The Bertz CT molecular complexity index is 823. The molecule has 0 unspecified atom stereocenters. The zero-order valence-electron chi connectivity index (χ0n) is 15.7. The minimum Gasteiger partial charge on any atom is -0.336 e. The van der Waals surface area contributed by atoms with Gasteiger partial charge in [-0.25, -0.2) is 0 Å². The number of rotatable bonds is 4. The van der Waals surface area contributed by atoms with Crippen LogP contribution in [-0.4, -0.2) is 27.1 Å². The van der Waals surface area contributed by atoms with Crippen molar-refractivity contribution in [3.05, 3.63) is 39.3 Å². The van der Waals surface area contributed by atoms with Gasteiger partial charge in [-0.1, -0.05) is 19.3 Å². The zero-order chi connectivity index (χ0) is 19.7. The SMILES string of the molecule is O=C(CC1CCCCC1)N1CCc2c(C(F)(F)F)nn(Cc3ccsc3)c2C1. The molecule has 8 heteroatoms. The molecule has 28 heavy (non-hydrogen) atoms. The number of aromatic nitrogens is 2. The van der Waals surface area contributed by atoms with E-state index < -0.39 is 11.9 Å². The van der Waals surface area contributed by atoms with E-state index in [4.69, 9.17) is 0 Å². The molecule has 1 amide bonds. The molecule has 1 aliphatic carbocycles. The van der Waals surface area contributed by atoms with E-state index >= 15 is 0 Å². The number of nitrogens with zero attached hydrogens (tertiary/aromatic N) is 3. The van der Waals surface area contributed by atoms with E-state index in [9.17, 15) is 18.0 Å². The van der Waals surface area contributed by atoms with Gasteiger partial charge in [-0.05, 0) is 47.6 Å². The van der Waals surface area contributed by atoms with Crippen molar-refractivity contribution in [1.82, 2.24) is 14.7 Å². The fourth-order valence-electron chi connectivity index (χ4n) is 4.37. The number of hydrogen-bond acceptors (Lipinski definition) is 3. The maximum absolute atomic E-state index is 13.5. The molecule has 0 radical (unpaired) electrons. The summed E-state index contributed by atoms with van der Waals surface area (Å²) in [5.74, 6) is 0.485. The molecule has 2 aromatic rings. The predicted molar refractivity (Wildman–Crippen MR) is 101 cm³/mol. The van der Waals surface area contributed by atoms with Gasteiger partial charge in [-0.3, -0.25) is 9.48 Å². The maximum atomic E-state index is 13.5. The van der Waals surface area contributed by atoms with Gasteiger partial charge in [0, 0.05) is 18.5 Å². The Morgan fingerprint density at radius 2 is 2.04 bits per heavy atom. The molecule has 152 valence electrons. The van der Waals surface area contributed by atoms with E-state index in [1.54, 1.807) is 4.90 Å². The average Bonchev–Trinajstić information content (AvgIpc) is 3.30. The normalized spacial score (nSPS) is 18.3. The number of alkyl halides is 3. The van der Waals surface area contributed by atoms with Crippen LogP contribution in [0.25, 0.3) is 0 Å². The van der Waals surface area contributed by atoms with Crippen molar-refractivity contribution in [2.75, 3.05) is 6.54 Å². The van der Waals surface area contributed by atoms with Crippen molar-refractivity contribution in [2.24, 2.45) is 5.92 Å². The fraction of sp³-hybridized carbons (Fsp3) is 0.600. The lowest BCUT2D eigenvalue weighted by molar-refractivity contribution is -0.142. The van der Waals surface area contributed by atoms with Gasteiger partial charge < -0.3 is 4.90 Å². The Hall–Kier alpha value is -1.83. The van der Waals surface area contributed by atoms with E-state index in [0.29, 0.717) is 31.1 Å². The van der Waals surface area contributed by atoms with Gasteiger partial charge in [-0.2, -0.15) is 29.6 Å². The van der Waals surface area contributed by atoms with E-state index in [2.05, 4.69) is 5.10 Å². The molecule has 1 fully saturated rings. The van der Waals surface area contributed by atoms with Crippen molar-refractivity contribution in [1.29, 1.82) is 0 Å². The Balaban J connectivity index is 1.55. The van der Waals surface area contributed by atoms with Crippen molar-refractivity contribution < 1.29 is 18.0 Å². The monoisotopic (exact) mass is 411 g/mol. The molecule has 1 aliphatic heterocycles. The number of amides is 1. The van der Waals surface area contributed by atoms with Crippen molar-refractivity contribution in [2.45, 2.75) is 64.2 Å². The maximum Gasteiger partial charge on any atom is 0.435 e. The quantitative estimate of drug-likeness (QED) is 0.720. The van der Waals surface area contributed by atoms with Gasteiger partial charge in [0.1, 0.15) is 0 Å². The van der Waals surface area contributed by atoms with Gasteiger partial charge >= 0.3 is 6.18 Å². The largest absolute Gasteiger partial charge is 0.435 e. The van der Waals surface area contributed by atoms with Crippen molar-refractivity contribution in [3.63, 3.8) is 0 Å². The third kappa shape index (κ3) is 4.11. The highest BCUT2D eigenvalue weighted by Gasteiger charge is 2.41. The Morgan fingerprint density at radius 3 is 2.71 bits per heavy atom. The van der Waals surface area contributed by atoms with E-state index in [-0.39, 0.29) is 24.4 Å². The topological polar surface area (TPSA) is 38.1 Å². The molecule has 2 aromatic heterocycles. The minimum absolute atomic E-state index is 0.0643. The first-order valence-electron chi connectivity index (χ1n) is 9.86. The molecule has 4 nitrogen and oxygen atoms in total. The van der Waals surface area contributed by atoms with Gasteiger partial charge in [-0.15, -0.1) is 0 Å². The summed E-state index contributed by atoms with van der Waals surface area (Å²) in [6.07, 6.45) is 2.00. The van der Waals surface area contributed by atoms with Crippen LogP contribution in [0.5, 0.6) is 0 Å². The summed E-state index contributed by atoms with van der Waals surface area (Å²) >= 11 is 1.51. The van der Waals surface area contributed by atoms with Crippen molar-refractivity contribution in [3.8, 4) is 0 Å². The summed E-state index contributed by atoms with van der Waals surface area (Å²) in [6.45, 7) is 0.854. The van der Waals surface area contributed by atoms with Crippen LogP contribution in [0.1, 0.15) is 61.0 Å². The number of carbonyl (C=O) groups is 1. The first kappa shape index (κ1) is 19.5. The lowest BCUT2D eigenvalue weighted by Crippen LogP contribution is -2.38. The van der Waals surface area contributed by atoms with Crippen LogP contribution < -0.4 is 0 Å². The average molecular weight is 411 g/mol. The number of halogens is 3. The molecule has 0 spiro atoms. The third-order valence-electron chi connectivity index (χ3n) is 5.86. The summed E-state index contributed by atoms with van der Waals surface area (Å²) < 4.78 is 41.9. The van der Waals surface area contributed by atoms with E-state index in [0.717, 1.165) is 18.4 Å². The molecule has 0 N–H and O–H groups in total. The second kappa shape index (κ2) is 7.89. The standard InChI is InChI=1S/C20H24F3N3OS/c21-20(22,23)19-16-6-8-25(18(27)10-14-4-2-1-3-5-14)12-17(16)26(24-19)11-15-7-9-28-13-15/h7,9,13-14H,1-6,8,10-12H2. The molecule has 2 aliphatic rings.